The Morgan fingerprint density at radius 3 is 2.53 bits per heavy atom. The SMILES string of the molecule is Cc1cc(C(=O)O)cc(OC(C)C)c1F. The molecule has 0 aliphatic carbocycles. The summed E-state index contributed by atoms with van der Waals surface area (Å²) < 4.78 is 18.7. The average molecular weight is 212 g/mol. The highest BCUT2D eigenvalue weighted by molar-refractivity contribution is 5.88. The highest BCUT2D eigenvalue weighted by Crippen LogP contribution is 2.23. The Morgan fingerprint density at radius 2 is 2.07 bits per heavy atom. The molecule has 4 heteroatoms. The molecule has 1 N–H and O–H groups in total. The van der Waals surface area contributed by atoms with E-state index >= 15 is 0 Å². The van der Waals surface area contributed by atoms with E-state index in [9.17, 15) is 9.18 Å². The minimum atomic E-state index is -1.09. The molecule has 3 nitrogen and oxygen atoms in total. The number of aryl methyl sites for hydroxylation is 1. The van der Waals surface area contributed by atoms with Gasteiger partial charge in [0.2, 0.25) is 0 Å². The van der Waals surface area contributed by atoms with Gasteiger partial charge < -0.3 is 9.84 Å². The fraction of sp³-hybridized carbons (Fsp3) is 0.364. The van der Waals surface area contributed by atoms with Crippen LogP contribution in [0.25, 0.3) is 0 Å². The largest absolute Gasteiger partial charge is 0.488 e. The predicted octanol–water partition coefficient (Wildman–Crippen LogP) is 2.62. The molecule has 0 spiro atoms. The van der Waals surface area contributed by atoms with Crippen molar-refractivity contribution in [2.24, 2.45) is 0 Å². The maximum absolute atomic E-state index is 13.5. The molecule has 0 radical (unpaired) electrons. The second-order valence-electron chi connectivity index (χ2n) is 3.58. The van der Waals surface area contributed by atoms with Crippen LogP contribution >= 0.6 is 0 Å². The summed E-state index contributed by atoms with van der Waals surface area (Å²) >= 11 is 0. The lowest BCUT2D eigenvalue weighted by molar-refractivity contribution is 0.0695. The molecular formula is C11H13FO3. The first-order chi connectivity index (χ1) is 6.91. The fourth-order valence-electron chi connectivity index (χ4n) is 1.20. The number of halogens is 1. The van der Waals surface area contributed by atoms with Crippen LogP contribution in [0, 0.1) is 12.7 Å². The number of rotatable bonds is 3. The number of benzene rings is 1. The highest BCUT2D eigenvalue weighted by atomic mass is 19.1. The molecule has 0 aromatic heterocycles. The van der Waals surface area contributed by atoms with Gasteiger partial charge in [-0.05, 0) is 38.5 Å². The minimum absolute atomic E-state index is 0.0117. The second kappa shape index (κ2) is 4.29. The Morgan fingerprint density at radius 1 is 1.47 bits per heavy atom. The lowest BCUT2D eigenvalue weighted by Crippen LogP contribution is -2.09. The Hall–Kier alpha value is -1.58. The molecule has 0 atom stereocenters. The lowest BCUT2D eigenvalue weighted by atomic mass is 10.1. The van der Waals surface area contributed by atoms with Crippen LogP contribution in [0.15, 0.2) is 12.1 Å². The Balaban J connectivity index is 3.19. The van der Waals surface area contributed by atoms with E-state index in [0.29, 0.717) is 0 Å². The van der Waals surface area contributed by atoms with Crippen molar-refractivity contribution in [3.63, 3.8) is 0 Å². The monoisotopic (exact) mass is 212 g/mol. The molecular weight excluding hydrogens is 199 g/mol. The Bertz CT molecular complexity index is 386. The minimum Gasteiger partial charge on any atom is -0.488 e. The van der Waals surface area contributed by atoms with Crippen molar-refractivity contribution in [3.05, 3.63) is 29.1 Å². The van der Waals surface area contributed by atoms with Gasteiger partial charge in [0.05, 0.1) is 11.7 Å². The van der Waals surface area contributed by atoms with Crippen molar-refractivity contribution >= 4 is 5.97 Å². The van der Waals surface area contributed by atoms with Gasteiger partial charge in [-0.25, -0.2) is 9.18 Å². The molecule has 0 aliphatic heterocycles. The van der Waals surface area contributed by atoms with Crippen LogP contribution < -0.4 is 4.74 Å². The van der Waals surface area contributed by atoms with Crippen molar-refractivity contribution < 1.29 is 19.0 Å². The molecule has 0 saturated carbocycles. The van der Waals surface area contributed by atoms with Crippen LogP contribution in [0.1, 0.15) is 29.8 Å². The van der Waals surface area contributed by atoms with Gasteiger partial charge in [0.25, 0.3) is 0 Å². The van der Waals surface area contributed by atoms with Gasteiger partial charge in [-0.2, -0.15) is 0 Å². The number of ether oxygens (including phenoxy) is 1. The quantitative estimate of drug-likeness (QED) is 0.837. The van der Waals surface area contributed by atoms with E-state index in [4.69, 9.17) is 9.84 Å². The summed E-state index contributed by atoms with van der Waals surface area (Å²) in [4.78, 5) is 10.7. The van der Waals surface area contributed by atoms with Crippen molar-refractivity contribution in [3.8, 4) is 5.75 Å². The van der Waals surface area contributed by atoms with Crippen LogP contribution in [0.3, 0.4) is 0 Å². The molecule has 0 unspecified atom stereocenters. The van der Waals surface area contributed by atoms with Gasteiger partial charge in [-0.15, -0.1) is 0 Å². The molecule has 0 amide bonds. The Kier molecular flexibility index (Phi) is 3.29. The third-order valence-corrected chi connectivity index (χ3v) is 1.83. The first kappa shape index (κ1) is 11.5. The molecule has 82 valence electrons. The van der Waals surface area contributed by atoms with Gasteiger partial charge in [0, 0.05) is 0 Å². The second-order valence-corrected chi connectivity index (χ2v) is 3.58. The molecule has 1 aromatic carbocycles. The molecule has 15 heavy (non-hydrogen) atoms. The van der Waals surface area contributed by atoms with E-state index in [1.807, 2.05) is 0 Å². The van der Waals surface area contributed by atoms with Crippen LogP contribution in [-0.2, 0) is 0 Å². The van der Waals surface area contributed by atoms with E-state index in [1.54, 1.807) is 13.8 Å². The predicted molar refractivity (Wildman–Crippen MR) is 53.9 cm³/mol. The smallest absolute Gasteiger partial charge is 0.335 e. The number of carboxylic acids is 1. The van der Waals surface area contributed by atoms with Gasteiger partial charge in [0.1, 0.15) is 0 Å². The molecule has 0 heterocycles. The maximum atomic E-state index is 13.5. The first-order valence-corrected chi connectivity index (χ1v) is 4.62. The van der Waals surface area contributed by atoms with E-state index in [-0.39, 0.29) is 23.0 Å². The van der Waals surface area contributed by atoms with Crippen LogP contribution in [0.5, 0.6) is 5.75 Å². The van der Waals surface area contributed by atoms with Gasteiger partial charge in [-0.1, -0.05) is 0 Å². The van der Waals surface area contributed by atoms with E-state index in [1.165, 1.54) is 19.1 Å². The average Bonchev–Trinajstić information content (AvgIpc) is 2.11. The molecule has 0 fully saturated rings. The van der Waals surface area contributed by atoms with Crippen LogP contribution in [0.2, 0.25) is 0 Å². The molecule has 0 aliphatic rings. The summed E-state index contributed by atoms with van der Waals surface area (Å²) in [7, 11) is 0. The van der Waals surface area contributed by atoms with Crippen LogP contribution in [0.4, 0.5) is 4.39 Å². The number of carboxylic acid groups (broad SMARTS) is 1. The summed E-state index contributed by atoms with van der Waals surface area (Å²) in [6.07, 6.45) is -0.192. The zero-order valence-electron chi connectivity index (χ0n) is 8.87. The summed E-state index contributed by atoms with van der Waals surface area (Å²) in [5, 5.41) is 8.78. The van der Waals surface area contributed by atoms with E-state index < -0.39 is 11.8 Å². The summed E-state index contributed by atoms with van der Waals surface area (Å²) in [6.45, 7) is 5.01. The Labute approximate surface area is 87.5 Å². The van der Waals surface area contributed by atoms with Crippen molar-refractivity contribution in [1.82, 2.24) is 0 Å². The third-order valence-electron chi connectivity index (χ3n) is 1.83. The molecule has 0 bridgehead atoms. The molecule has 1 aromatic rings. The highest BCUT2D eigenvalue weighted by Gasteiger charge is 2.13. The van der Waals surface area contributed by atoms with Gasteiger partial charge in [0.15, 0.2) is 11.6 Å². The maximum Gasteiger partial charge on any atom is 0.335 e. The zero-order valence-corrected chi connectivity index (χ0v) is 8.87. The number of aromatic carboxylic acids is 1. The van der Waals surface area contributed by atoms with Gasteiger partial charge >= 0.3 is 5.97 Å². The van der Waals surface area contributed by atoms with Crippen molar-refractivity contribution in [2.45, 2.75) is 26.9 Å². The van der Waals surface area contributed by atoms with E-state index in [0.717, 1.165) is 0 Å². The summed E-state index contributed by atoms with van der Waals surface area (Å²) in [5.41, 5.74) is 0.301. The summed E-state index contributed by atoms with van der Waals surface area (Å²) in [6, 6.07) is 2.48. The van der Waals surface area contributed by atoms with Crippen molar-refractivity contribution in [1.29, 1.82) is 0 Å². The standard InChI is InChI=1S/C11H13FO3/c1-6(2)15-9-5-8(11(13)14)4-7(3)10(9)12/h4-6H,1-3H3,(H,13,14). The van der Waals surface area contributed by atoms with Crippen LogP contribution in [-0.4, -0.2) is 17.2 Å². The van der Waals surface area contributed by atoms with E-state index in [2.05, 4.69) is 0 Å². The van der Waals surface area contributed by atoms with Crippen molar-refractivity contribution in [2.75, 3.05) is 0 Å². The number of carbonyl (C=O) groups is 1. The first-order valence-electron chi connectivity index (χ1n) is 4.62. The molecule has 0 saturated heterocycles. The number of hydrogen-bond acceptors (Lipinski definition) is 2. The number of hydrogen-bond donors (Lipinski definition) is 1. The topological polar surface area (TPSA) is 46.5 Å². The lowest BCUT2D eigenvalue weighted by Gasteiger charge is -2.12. The normalized spacial score (nSPS) is 10.5. The summed E-state index contributed by atoms with van der Waals surface area (Å²) in [5.74, 6) is -1.61. The molecule has 1 rings (SSSR count). The zero-order chi connectivity index (χ0) is 11.6. The third kappa shape index (κ3) is 2.68. The fourth-order valence-corrected chi connectivity index (χ4v) is 1.20. The van der Waals surface area contributed by atoms with Gasteiger partial charge in [-0.3, -0.25) is 0 Å².